The Hall–Kier alpha value is -5.12. The van der Waals surface area contributed by atoms with E-state index in [1.165, 1.54) is 64.6 Å². The van der Waals surface area contributed by atoms with Gasteiger partial charge in [0.15, 0.2) is 0 Å². The molecule has 0 bridgehead atoms. The fourth-order valence-electron chi connectivity index (χ4n) is 6.37. The van der Waals surface area contributed by atoms with E-state index in [9.17, 15) is 0 Å². The number of nitrogens with zero attached hydrogens (tertiary/aromatic N) is 2. The first-order valence-electron chi connectivity index (χ1n) is 13.8. The zero-order valence-corrected chi connectivity index (χ0v) is 22.8. The highest BCUT2D eigenvalue weighted by atomic mass is 32.1. The summed E-state index contributed by atoms with van der Waals surface area (Å²) in [5.74, 6) is 0. The Kier molecular flexibility index (Phi) is 4.80. The monoisotopic (exact) mass is 538 g/mol. The minimum atomic E-state index is 0.933. The summed E-state index contributed by atoms with van der Waals surface area (Å²) in [6.07, 6.45) is 0. The summed E-state index contributed by atoms with van der Waals surface area (Å²) in [4.78, 5) is 0. The van der Waals surface area contributed by atoms with E-state index in [2.05, 4.69) is 144 Å². The van der Waals surface area contributed by atoms with Crippen molar-refractivity contribution in [1.29, 1.82) is 0 Å². The minimum Gasteiger partial charge on any atom is -0.138 e. The third kappa shape index (κ3) is 3.49. The summed E-state index contributed by atoms with van der Waals surface area (Å²) in [7, 11) is 0. The van der Waals surface area contributed by atoms with Gasteiger partial charge in [-0.05, 0) is 76.8 Å². The third-order valence-electron chi connectivity index (χ3n) is 8.37. The van der Waals surface area contributed by atoms with Gasteiger partial charge >= 0.3 is 0 Å². The first-order valence-corrected chi connectivity index (χ1v) is 14.6. The summed E-state index contributed by atoms with van der Waals surface area (Å²) in [6, 6.07) is 48.3. The molecule has 9 aromatic rings. The topological polar surface area (TPSA) is 25.8 Å². The Labute approximate surface area is 240 Å². The van der Waals surface area contributed by atoms with Crippen LogP contribution in [0.25, 0.3) is 85.8 Å². The van der Waals surface area contributed by atoms with E-state index < -0.39 is 0 Å². The van der Waals surface area contributed by atoms with Gasteiger partial charge in [-0.2, -0.15) is 0 Å². The Morgan fingerprint density at radius 3 is 1.17 bits per heavy atom. The van der Waals surface area contributed by atoms with E-state index in [0.29, 0.717) is 0 Å². The van der Waals surface area contributed by atoms with Gasteiger partial charge in [-0.3, -0.25) is 0 Å². The zero-order chi connectivity index (χ0) is 26.9. The molecule has 0 aliphatic rings. The van der Waals surface area contributed by atoms with Gasteiger partial charge < -0.3 is 0 Å². The van der Waals surface area contributed by atoms with Crippen molar-refractivity contribution in [2.24, 2.45) is 0 Å². The van der Waals surface area contributed by atoms with Crippen LogP contribution in [0.15, 0.2) is 133 Å². The van der Waals surface area contributed by atoms with Gasteiger partial charge in [0.25, 0.3) is 0 Å². The average Bonchev–Trinajstić information content (AvgIpc) is 3.54. The molecule has 0 N–H and O–H groups in total. The van der Waals surface area contributed by atoms with E-state index >= 15 is 0 Å². The van der Waals surface area contributed by atoms with Crippen molar-refractivity contribution in [3.8, 4) is 21.1 Å². The SMILES string of the molecule is c1ccc2c(c1)ccc1ccc3ccc(-c4nnc(-c5ccc6ccc7ccc8ccccc8c7c6c5)s4)cc3c12. The third-order valence-corrected chi connectivity index (χ3v) is 9.39. The van der Waals surface area contributed by atoms with Crippen molar-refractivity contribution in [2.45, 2.75) is 0 Å². The standard InChI is InChI=1S/C38H22N2S/c1-3-7-31-23(5-1)9-15-27-17-11-25-13-19-29(21-33(25)35(27)31)37-39-40-38(41-37)30-20-14-26-12-18-28-16-10-24-6-2-4-8-32(24)36(28)34(26)22-30/h1-22H. The van der Waals surface area contributed by atoms with Crippen LogP contribution in [0.3, 0.4) is 0 Å². The molecule has 1 heterocycles. The summed E-state index contributed by atoms with van der Waals surface area (Å²) in [5, 5.41) is 26.3. The molecule has 0 fully saturated rings. The number of benzene rings is 8. The predicted molar refractivity (Wildman–Crippen MR) is 176 cm³/mol. The lowest BCUT2D eigenvalue weighted by Gasteiger charge is -2.09. The highest BCUT2D eigenvalue weighted by Crippen LogP contribution is 2.38. The van der Waals surface area contributed by atoms with Crippen LogP contribution in [-0.2, 0) is 0 Å². The highest BCUT2D eigenvalue weighted by Gasteiger charge is 2.13. The lowest BCUT2D eigenvalue weighted by atomic mass is 9.95. The van der Waals surface area contributed by atoms with Crippen molar-refractivity contribution in [1.82, 2.24) is 10.2 Å². The molecule has 0 saturated carbocycles. The van der Waals surface area contributed by atoms with Crippen molar-refractivity contribution in [2.75, 3.05) is 0 Å². The minimum absolute atomic E-state index is 0.933. The van der Waals surface area contributed by atoms with Gasteiger partial charge in [-0.1, -0.05) is 133 Å². The molecular formula is C38H22N2S. The van der Waals surface area contributed by atoms with Crippen LogP contribution in [-0.4, -0.2) is 10.2 Å². The molecule has 0 amide bonds. The van der Waals surface area contributed by atoms with E-state index in [4.69, 9.17) is 0 Å². The Morgan fingerprint density at radius 1 is 0.341 bits per heavy atom. The fourth-order valence-corrected chi connectivity index (χ4v) is 7.21. The average molecular weight is 539 g/mol. The maximum atomic E-state index is 4.67. The molecule has 3 heteroatoms. The second-order valence-electron chi connectivity index (χ2n) is 10.7. The number of hydrogen-bond acceptors (Lipinski definition) is 3. The molecule has 0 aliphatic heterocycles. The van der Waals surface area contributed by atoms with Crippen LogP contribution in [0, 0.1) is 0 Å². The van der Waals surface area contributed by atoms with E-state index in [1.54, 1.807) is 11.3 Å². The summed E-state index contributed by atoms with van der Waals surface area (Å²) in [6.45, 7) is 0. The number of fused-ring (bicyclic) bond motifs is 10. The molecule has 0 radical (unpaired) electrons. The van der Waals surface area contributed by atoms with E-state index in [0.717, 1.165) is 21.1 Å². The van der Waals surface area contributed by atoms with Gasteiger partial charge in [0.2, 0.25) is 0 Å². The van der Waals surface area contributed by atoms with Crippen molar-refractivity contribution < 1.29 is 0 Å². The maximum Gasteiger partial charge on any atom is 0.148 e. The Morgan fingerprint density at radius 2 is 0.707 bits per heavy atom. The molecule has 0 atom stereocenters. The predicted octanol–water partition coefficient (Wildman–Crippen LogP) is 10.8. The molecule has 0 unspecified atom stereocenters. The van der Waals surface area contributed by atoms with Gasteiger partial charge in [0.05, 0.1) is 0 Å². The maximum absolute atomic E-state index is 4.67. The molecular weight excluding hydrogens is 516 g/mol. The van der Waals surface area contributed by atoms with E-state index in [1.807, 2.05) is 0 Å². The fraction of sp³-hybridized carbons (Fsp3) is 0. The number of hydrogen-bond donors (Lipinski definition) is 0. The van der Waals surface area contributed by atoms with Crippen molar-refractivity contribution in [3.05, 3.63) is 133 Å². The lowest BCUT2D eigenvalue weighted by Crippen LogP contribution is -1.83. The molecule has 190 valence electrons. The highest BCUT2D eigenvalue weighted by molar-refractivity contribution is 7.17. The first kappa shape index (κ1) is 22.7. The quantitative estimate of drug-likeness (QED) is 0.205. The lowest BCUT2D eigenvalue weighted by molar-refractivity contribution is 1.10. The molecule has 41 heavy (non-hydrogen) atoms. The normalized spacial score (nSPS) is 11.9. The first-order chi connectivity index (χ1) is 20.3. The second-order valence-corrected chi connectivity index (χ2v) is 11.7. The van der Waals surface area contributed by atoms with Crippen LogP contribution in [0.4, 0.5) is 0 Å². The van der Waals surface area contributed by atoms with Gasteiger partial charge in [-0.15, -0.1) is 10.2 Å². The van der Waals surface area contributed by atoms with Crippen LogP contribution in [0.5, 0.6) is 0 Å². The van der Waals surface area contributed by atoms with Crippen LogP contribution < -0.4 is 0 Å². The molecule has 2 nitrogen and oxygen atoms in total. The zero-order valence-electron chi connectivity index (χ0n) is 22.0. The molecule has 1 aromatic heterocycles. The number of rotatable bonds is 2. The second kappa shape index (κ2) is 8.69. The summed E-state index contributed by atoms with van der Waals surface area (Å²) >= 11 is 1.65. The smallest absolute Gasteiger partial charge is 0.138 e. The van der Waals surface area contributed by atoms with Gasteiger partial charge in [-0.25, -0.2) is 0 Å². The molecule has 8 aromatic carbocycles. The Balaban J connectivity index is 1.21. The van der Waals surface area contributed by atoms with Gasteiger partial charge in [0.1, 0.15) is 10.0 Å². The summed E-state index contributed by atoms with van der Waals surface area (Å²) in [5.41, 5.74) is 2.19. The molecule has 9 rings (SSSR count). The van der Waals surface area contributed by atoms with E-state index in [-0.39, 0.29) is 0 Å². The van der Waals surface area contributed by atoms with Crippen LogP contribution >= 0.6 is 11.3 Å². The summed E-state index contributed by atoms with van der Waals surface area (Å²) < 4.78 is 0. The molecule has 0 saturated heterocycles. The van der Waals surface area contributed by atoms with Crippen molar-refractivity contribution >= 4 is 76.0 Å². The molecule has 0 aliphatic carbocycles. The largest absolute Gasteiger partial charge is 0.148 e. The van der Waals surface area contributed by atoms with Gasteiger partial charge in [0, 0.05) is 11.1 Å². The Bertz CT molecular complexity index is 2300. The van der Waals surface area contributed by atoms with Crippen LogP contribution in [0.2, 0.25) is 0 Å². The molecule has 0 spiro atoms. The van der Waals surface area contributed by atoms with Crippen LogP contribution in [0.1, 0.15) is 0 Å². The number of aromatic nitrogens is 2. The van der Waals surface area contributed by atoms with Crippen molar-refractivity contribution in [3.63, 3.8) is 0 Å².